The fourth-order valence-corrected chi connectivity index (χ4v) is 1.54. The summed E-state index contributed by atoms with van der Waals surface area (Å²) in [5, 5.41) is 0.414. The largest absolute Gasteiger partial charge is 0.459 e. The molecule has 0 aliphatic heterocycles. The van der Waals surface area contributed by atoms with E-state index in [4.69, 9.17) is 33.7 Å². The number of anilines is 1. The van der Waals surface area contributed by atoms with Crippen molar-refractivity contribution in [2.45, 2.75) is 26.9 Å². The highest BCUT2D eigenvalue weighted by Gasteiger charge is 2.19. The molecule has 3 nitrogen and oxygen atoms in total. The van der Waals surface area contributed by atoms with Crippen LogP contribution >= 0.6 is 23.2 Å². The molecule has 17 heavy (non-hydrogen) atoms. The smallest absolute Gasteiger partial charge is 0.340 e. The molecule has 1 aromatic carbocycles. The van der Waals surface area contributed by atoms with Crippen molar-refractivity contribution < 1.29 is 9.53 Å². The van der Waals surface area contributed by atoms with E-state index in [1.807, 2.05) is 20.8 Å². The lowest BCUT2D eigenvalue weighted by atomic mass is 10.1. The van der Waals surface area contributed by atoms with Crippen LogP contribution in [0.3, 0.4) is 0 Å². The zero-order valence-corrected chi connectivity index (χ0v) is 11.5. The van der Waals surface area contributed by atoms with Crippen molar-refractivity contribution >= 4 is 34.9 Å². The molecule has 1 aromatic rings. The molecule has 2 N–H and O–H groups in total. The summed E-state index contributed by atoms with van der Waals surface area (Å²) in [7, 11) is 0. The number of nitrogen functional groups attached to an aromatic ring is 1. The van der Waals surface area contributed by atoms with Gasteiger partial charge in [0.25, 0.3) is 0 Å². The van der Waals surface area contributed by atoms with E-state index in [-0.39, 0.29) is 27.6 Å². The minimum Gasteiger partial charge on any atom is -0.459 e. The molecule has 0 amide bonds. The average Bonchev–Trinajstić information content (AvgIpc) is 2.22. The van der Waals surface area contributed by atoms with Gasteiger partial charge in [-0.3, -0.25) is 0 Å². The second-order valence-corrected chi connectivity index (χ2v) is 5.00. The van der Waals surface area contributed by atoms with Gasteiger partial charge in [-0.1, -0.05) is 37.0 Å². The van der Waals surface area contributed by atoms with Gasteiger partial charge in [-0.25, -0.2) is 4.79 Å². The minimum absolute atomic E-state index is 0.168. The van der Waals surface area contributed by atoms with Gasteiger partial charge < -0.3 is 10.5 Å². The lowest BCUT2D eigenvalue weighted by molar-refractivity contribution is 0.0238. The topological polar surface area (TPSA) is 52.3 Å². The minimum atomic E-state index is -0.509. The van der Waals surface area contributed by atoms with Gasteiger partial charge >= 0.3 is 5.97 Å². The molecule has 0 aliphatic rings. The Morgan fingerprint density at radius 3 is 2.41 bits per heavy atom. The van der Waals surface area contributed by atoms with Gasteiger partial charge in [0.2, 0.25) is 0 Å². The highest BCUT2D eigenvalue weighted by atomic mass is 35.5. The van der Waals surface area contributed by atoms with E-state index in [0.717, 1.165) is 0 Å². The molecule has 0 bridgehead atoms. The van der Waals surface area contributed by atoms with Gasteiger partial charge in [-0.2, -0.15) is 0 Å². The van der Waals surface area contributed by atoms with Crippen molar-refractivity contribution in [3.8, 4) is 0 Å². The van der Waals surface area contributed by atoms with Gasteiger partial charge in [-0.05, 0) is 25.0 Å². The third kappa shape index (κ3) is 3.51. The molecule has 0 heterocycles. The molecular weight excluding hydrogens is 261 g/mol. The Hall–Kier alpha value is -0.930. The number of carbonyl (C=O) groups is 1. The molecule has 0 saturated carbocycles. The predicted octanol–water partition coefficient (Wildman–Crippen LogP) is 3.78. The van der Waals surface area contributed by atoms with E-state index >= 15 is 0 Å². The van der Waals surface area contributed by atoms with Gasteiger partial charge in [0.05, 0.1) is 15.6 Å². The zero-order valence-electron chi connectivity index (χ0n) is 9.96. The third-order valence-corrected chi connectivity index (χ3v) is 3.30. The Morgan fingerprint density at radius 1 is 1.29 bits per heavy atom. The Bertz CT molecular complexity index is 433. The van der Waals surface area contributed by atoms with Gasteiger partial charge in [0.15, 0.2) is 0 Å². The maximum Gasteiger partial charge on any atom is 0.340 e. The van der Waals surface area contributed by atoms with Crippen molar-refractivity contribution in [2.24, 2.45) is 5.92 Å². The first-order chi connectivity index (χ1) is 7.82. The summed E-state index contributed by atoms with van der Waals surface area (Å²) in [5.41, 5.74) is 6.18. The van der Waals surface area contributed by atoms with Crippen molar-refractivity contribution in [1.82, 2.24) is 0 Å². The maximum absolute atomic E-state index is 11.9. The number of rotatable bonds is 3. The lowest BCUT2D eigenvalue weighted by Crippen LogP contribution is -2.20. The van der Waals surface area contributed by atoms with Crippen molar-refractivity contribution in [3.05, 3.63) is 27.7 Å². The summed E-state index contributed by atoms with van der Waals surface area (Å²) in [6, 6.07) is 2.95. The number of hydrogen-bond donors (Lipinski definition) is 1. The van der Waals surface area contributed by atoms with E-state index < -0.39 is 5.97 Å². The second kappa shape index (κ2) is 5.61. The third-order valence-electron chi connectivity index (χ3n) is 2.50. The van der Waals surface area contributed by atoms with E-state index in [1.54, 1.807) is 0 Å². The first-order valence-electron chi connectivity index (χ1n) is 5.28. The summed E-state index contributed by atoms with van der Waals surface area (Å²) in [5.74, 6) is -0.278. The molecule has 5 heteroatoms. The number of esters is 1. The number of benzene rings is 1. The van der Waals surface area contributed by atoms with Gasteiger partial charge in [-0.15, -0.1) is 0 Å². The van der Waals surface area contributed by atoms with Crippen LogP contribution in [0.2, 0.25) is 10.0 Å². The lowest BCUT2D eigenvalue weighted by Gasteiger charge is -2.17. The van der Waals surface area contributed by atoms with Crippen LogP contribution in [0.1, 0.15) is 31.1 Å². The summed E-state index contributed by atoms with van der Waals surface area (Å²) in [4.78, 5) is 11.9. The quantitative estimate of drug-likeness (QED) is 0.675. The number of nitrogens with two attached hydrogens (primary N) is 1. The fourth-order valence-electron chi connectivity index (χ4n) is 1.13. The monoisotopic (exact) mass is 275 g/mol. The summed E-state index contributed by atoms with van der Waals surface area (Å²) in [6.07, 6.45) is -0.196. The van der Waals surface area contributed by atoms with E-state index in [2.05, 4.69) is 0 Å². The first-order valence-corrected chi connectivity index (χ1v) is 6.04. The maximum atomic E-state index is 11.9. The fraction of sp³-hybridized carbons (Fsp3) is 0.417. The van der Waals surface area contributed by atoms with Crippen LogP contribution in [0, 0.1) is 5.92 Å². The molecule has 94 valence electrons. The van der Waals surface area contributed by atoms with Crippen LogP contribution < -0.4 is 5.73 Å². The highest BCUT2D eigenvalue weighted by Crippen LogP contribution is 2.29. The van der Waals surface area contributed by atoms with Crippen LogP contribution in [-0.2, 0) is 4.74 Å². The molecule has 1 unspecified atom stereocenters. The molecular formula is C12H15Cl2NO2. The van der Waals surface area contributed by atoms with Crippen molar-refractivity contribution in [3.63, 3.8) is 0 Å². The second-order valence-electron chi connectivity index (χ2n) is 4.22. The van der Waals surface area contributed by atoms with Crippen LogP contribution in [0.4, 0.5) is 5.69 Å². The first kappa shape index (κ1) is 14.1. The summed E-state index contributed by atoms with van der Waals surface area (Å²) in [6.45, 7) is 5.75. The molecule has 0 aromatic heterocycles. The molecule has 0 spiro atoms. The SMILES string of the molecule is CC(C)C(C)OC(=O)c1cc(N)cc(Cl)c1Cl. The number of carbonyl (C=O) groups excluding carboxylic acids is 1. The Kier molecular flexibility index (Phi) is 4.66. The standard InChI is InChI=1S/C12H15Cl2NO2/c1-6(2)7(3)17-12(16)9-4-8(15)5-10(13)11(9)14/h4-7H,15H2,1-3H3. The number of halogens is 2. The van der Waals surface area contributed by atoms with Crippen molar-refractivity contribution in [1.29, 1.82) is 0 Å². The van der Waals surface area contributed by atoms with Crippen LogP contribution in [-0.4, -0.2) is 12.1 Å². The van der Waals surface area contributed by atoms with Crippen LogP contribution in [0.15, 0.2) is 12.1 Å². The average molecular weight is 276 g/mol. The molecule has 1 rings (SSSR count). The molecule has 0 radical (unpaired) electrons. The summed E-state index contributed by atoms with van der Waals surface area (Å²) < 4.78 is 5.25. The Labute approximate surface area is 111 Å². The van der Waals surface area contributed by atoms with Crippen LogP contribution in [0.5, 0.6) is 0 Å². The van der Waals surface area contributed by atoms with Gasteiger partial charge in [0.1, 0.15) is 6.10 Å². The van der Waals surface area contributed by atoms with Gasteiger partial charge in [0, 0.05) is 5.69 Å². The van der Waals surface area contributed by atoms with Crippen molar-refractivity contribution in [2.75, 3.05) is 5.73 Å². The molecule has 0 aliphatic carbocycles. The molecule has 1 atom stereocenters. The van der Waals surface area contributed by atoms with E-state index in [9.17, 15) is 4.79 Å². The summed E-state index contributed by atoms with van der Waals surface area (Å²) >= 11 is 11.8. The Balaban J connectivity index is 2.97. The molecule has 0 fully saturated rings. The number of hydrogen-bond acceptors (Lipinski definition) is 3. The predicted molar refractivity (Wildman–Crippen MR) is 70.6 cm³/mol. The molecule has 0 saturated heterocycles. The van der Waals surface area contributed by atoms with E-state index in [0.29, 0.717) is 5.69 Å². The van der Waals surface area contributed by atoms with Crippen LogP contribution in [0.25, 0.3) is 0 Å². The Morgan fingerprint density at radius 2 is 1.88 bits per heavy atom. The number of ether oxygens (including phenoxy) is 1. The normalized spacial score (nSPS) is 12.6. The highest BCUT2D eigenvalue weighted by molar-refractivity contribution is 6.44. The van der Waals surface area contributed by atoms with E-state index in [1.165, 1.54) is 12.1 Å². The zero-order chi connectivity index (χ0) is 13.2.